The SMILES string of the molecule is COc1cc(C(=O)Nc2ccc3c(c2)OCCCO3)cc(OC)c1OCc1ccccc1. The van der Waals surface area contributed by atoms with Crippen molar-refractivity contribution in [2.45, 2.75) is 13.0 Å². The molecule has 0 saturated carbocycles. The van der Waals surface area contributed by atoms with Crippen LogP contribution in [0.2, 0.25) is 0 Å². The zero-order chi connectivity index (χ0) is 22.3. The molecule has 0 atom stereocenters. The van der Waals surface area contributed by atoms with Gasteiger partial charge in [0.15, 0.2) is 23.0 Å². The molecule has 4 rings (SSSR count). The monoisotopic (exact) mass is 435 g/mol. The molecule has 7 nitrogen and oxygen atoms in total. The van der Waals surface area contributed by atoms with Crippen molar-refractivity contribution in [2.75, 3.05) is 32.8 Å². The fraction of sp³-hybridized carbons (Fsp3) is 0.240. The van der Waals surface area contributed by atoms with E-state index in [-0.39, 0.29) is 5.91 Å². The van der Waals surface area contributed by atoms with Gasteiger partial charge in [0, 0.05) is 23.7 Å². The van der Waals surface area contributed by atoms with Crippen LogP contribution in [0.15, 0.2) is 60.7 Å². The van der Waals surface area contributed by atoms with Gasteiger partial charge < -0.3 is 29.0 Å². The Labute approximate surface area is 186 Å². The summed E-state index contributed by atoms with van der Waals surface area (Å²) in [6, 6.07) is 18.3. The first-order chi connectivity index (χ1) is 15.7. The van der Waals surface area contributed by atoms with Crippen LogP contribution in [-0.4, -0.2) is 33.3 Å². The van der Waals surface area contributed by atoms with Crippen LogP contribution in [0.3, 0.4) is 0 Å². The average Bonchev–Trinajstić information content (AvgIpc) is 3.07. The number of fused-ring (bicyclic) bond motifs is 1. The number of hydrogen-bond acceptors (Lipinski definition) is 6. The van der Waals surface area contributed by atoms with Crippen molar-refractivity contribution < 1.29 is 28.5 Å². The van der Waals surface area contributed by atoms with Gasteiger partial charge in [-0.2, -0.15) is 0 Å². The van der Waals surface area contributed by atoms with E-state index in [1.165, 1.54) is 14.2 Å². The van der Waals surface area contributed by atoms with Gasteiger partial charge >= 0.3 is 0 Å². The lowest BCUT2D eigenvalue weighted by atomic mass is 10.1. The highest BCUT2D eigenvalue weighted by molar-refractivity contribution is 6.05. The molecule has 0 aromatic heterocycles. The third-order valence-electron chi connectivity index (χ3n) is 4.95. The molecule has 0 bridgehead atoms. The number of anilines is 1. The number of carbonyl (C=O) groups excluding carboxylic acids is 1. The van der Waals surface area contributed by atoms with Crippen LogP contribution in [-0.2, 0) is 6.61 Å². The lowest BCUT2D eigenvalue weighted by molar-refractivity contribution is 0.102. The van der Waals surface area contributed by atoms with E-state index < -0.39 is 0 Å². The van der Waals surface area contributed by atoms with Crippen molar-refractivity contribution in [3.63, 3.8) is 0 Å². The van der Waals surface area contributed by atoms with E-state index in [2.05, 4.69) is 5.32 Å². The van der Waals surface area contributed by atoms with Crippen LogP contribution in [0.1, 0.15) is 22.3 Å². The molecule has 1 aliphatic rings. The largest absolute Gasteiger partial charge is 0.493 e. The minimum absolute atomic E-state index is 0.314. The molecule has 0 unspecified atom stereocenters. The minimum atomic E-state index is -0.314. The molecule has 0 saturated heterocycles. The van der Waals surface area contributed by atoms with E-state index in [1.54, 1.807) is 30.3 Å². The summed E-state index contributed by atoms with van der Waals surface area (Å²) >= 11 is 0. The second-order valence-corrected chi connectivity index (χ2v) is 7.15. The molecular formula is C25H25NO6. The smallest absolute Gasteiger partial charge is 0.255 e. The maximum Gasteiger partial charge on any atom is 0.255 e. The molecule has 0 fully saturated rings. The van der Waals surface area contributed by atoms with Crippen molar-refractivity contribution in [3.05, 3.63) is 71.8 Å². The summed E-state index contributed by atoms with van der Waals surface area (Å²) in [6.07, 6.45) is 0.814. The van der Waals surface area contributed by atoms with Gasteiger partial charge in [0.2, 0.25) is 5.75 Å². The molecule has 1 amide bonds. The summed E-state index contributed by atoms with van der Waals surface area (Å²) in [6.45, 7) is 1.52. The molecule has 0 spiro atoms. The highest BCUT2D eigenvalue weighted by Gasteiger charge is 2.19. The summed E-state index contributed by atoms with van der Waals surface area (Å²) in [4.78, 5) is 12.9. The molecule has 0 aliphatic carbocycles. The molecular weight excluding hydrogens is 410 g/mol. The van der Waals surface area contributed by atoms with E-state index in [4.69, 9.17) is 23.7 Å². The second-order valence-electron chi connectivity index (χ2n) is 7.15. The van der Waals surface area contributed by atoms with Gasteiger partial charge in [-0.05, 0) is 29.8 Å². The number of hydrogen-bond donors (Lipinski definition) is 1. The number of ether oxygens (including phenoxy) is 5. The molecule has 32 heavy (non-hydrogen) atoms. The molecule has 7 heteroatoms. The first kappa shape index (κ1) is 21.4. The number of carbonyl (C=O) groups is 1. The Balaban J connectivity index is 1.54. The molecule has 166 valence electrons. The van der Waals surface area contributed by atoms with Crippen molar-refractivity contribution in [1.82, 2.24) is 0 Å². The third-order valence-corrected chi connectivity index (χ3v) is 4.95. The number of rotatable bonds is 7. The van der Waals surface area contributed by atoms with Crippen molar-refractivity contribution in [1.29, 1.82) is 0 Å². The summed E-state index contributed by atoms with van der Waals surface area (Å²) in [5.74, 6) is 2.22. The fourth-order valence-corrected chi connectivity index (χ4v) is 3.33. The molecule has 3 aromatic carbocycles. The standard InChI is InChI=1S/C25H25NO6/c1-28-22-13-18(14-23(29-2)24(22)32-16-17-7-4-3-5-8-17)25(27)26-19-9-10-20-21(15-19)31-12-6-11-30-20/h3-5,7-10,13-15H,6,11-12,16H2,1-2H3,(H,26,27). The van der Waals surface area contributed by atoms with E-state index in [0.29, 0.717) is 59.8 Å². The number of nitrogens with one attached hydrogen (secondary N) is 1. The van der Waals surface area contributed by atoms with Crippen LogP contribution < -0.4 is 29.0 Å². The van der Waals surface area contributed by atoms with Crippen LogP contribution in [0, 0.1) is 0 Å². The van der Waals surface area contributed by atoms with Crippen LogP contribution >= 0.6 is 0 Å². The molecule has 1 heterocycles. The normalized spacial score (nSPS) is 12.4. The first-order valence-corrected chi connectivity index (χ1v) is 10.3. The second kappa shape index (κ2) is 9.96. The summed E-state index contributed by atoms with van der Waals surface area (Å²) in [5.41, 5.74) is 1.98. The Morgan fingerprint density at radius 3 is 2.28 bits per heavy atom. The lowest BCUT2D eigenvalue weighted by Gasteiger charge is -2.16. The van der Waals surface area contributed by atoms with E-state index >= 15 is 0 Å². The predicted molar refractivity (Wildman–Crippen MR) is 120 cm³/mol. The topological polar surface area (TPSA) is 75.3 Å². The van der Waals surface area contributed by atoms with Gasteiger partial charge in [-0.3, -0.25) is 4.79 Å². The number of methoxy groups -OCH3 is 2. The average molecular weight is 435 g/mol. The van der Waals surface area contributed by atoms with Gasteiger partial charge in [0.1, 0.15) is 6.61 Å². The van der Waals surface area contributed by atoms with Gasteiger partial charge in [-0.15, -0.1) is 0 Å². The van der Waals surface area contributed by atoms with Gasteiger partial charge in [0.05, 0.1) is 27.4 Å². The zero-order valence-corrected chi connectivity index (χ0v) is 18.1. The van der Waals surface area contributed by atoms with Gasteiger partial charge in [-0.1, -0.05) is 30.3 Å². The predicted octanol–water partition coefficient (Wildman–Crippen LogP) is 4.70. The summed E-state index contributed by atoms with van der Waals surface area (Å²) < 4.78 is 28.3. The molecule has 3 aromatic rings. The molecule has 0 radical (unpaired) electrons. The molecule has 1 aliphatic heterocycles. The van der Waals surface area contributed by atoms with E-state index in [1.807, 2.05) is 30.3 Å². The van der Waals surface area contributed by atoms with Crippen LogP contribution in [0.5, 0.6) is 28.7 Å². The number of amides is 1. The number of benzene rings is 3. The lowest BCUT2D eigenvalue weighted by Crippen LogP contribution is -2.13. The van der Waals surface area contributed by atoms with Crippen LogP contribution in [0.4, 0.5) is 5.69 Å². The van der Waals surface area contributed by atoms with E-state index in [0.717, 1.165) is 12.0 Å². The summed E-state index contributed by atoms with van der Waals surface area (Å²) in [7, 11) is 3.05. The Hall–Kier alpha value is -3.87. The van der Waals surface area contributed by atoms with Crippen molar-refractivity contribution in [2.24, 2.45) is 0 Å². The van der Waals surface area contributed by atoms with Gasteiger partial charge in [0.25, 0.3) is 5.91 Å². The van der Waals surface area contributed by atoms with Crippen molar-refractivity contribution >= 4 is 11.6 Å². The highest BCUT2D eigenvalue weighted by atomic mass is 16.5. The Kier molecular flexibility index (Phi) is 6.65. The van der Waals surface area contributed by atoms with E-state index in [9.17, 15) is 4.79 Å². The maximum atomic E-state index is 12.9. The van der Waals surface area contributed by atoms with Crippen molar-refractivity contribution in [3.8, 4) is 28.7 Å². The minimum Gasteiger partial charge on any atom is -0.493 e. The molecule has 1 N–H and O–H groups in total. The Morgan fingerprint density at radius 2 is 1.59 bits per heavy atom. The van der Waals surface area contributed by atoms with Crippen LogP contribution in [0.25, 0.3) is 0 Å². The fourth-order valence-electron chi connectivity index (χ4n) is 3.33. The Morgan fingerprint density at radius 1 is 0.906 bits per heavy atom. The summed E-state index contributed by atoms with van der Waals surface area (Å²) in [5, 5.41) is 2.88. The first-order valence-electron chi connectivity index (χ1n) is 10.3. The highest BCUT2D eigenvalue weighted by Crippen LogP contribution is 2.39. The zero-order valence-electron chi connectivity index (χ0n) is 18.1. The quantitative estimate of drug-likeness (QED) is 0.580. The maximum absolute atomic E-state index is 12.9. The Bertz CT molecular complexity index is 1060. The van der Waals surface area contributed by atoms with Gasteiger partial charge in [-0.25, -0.2) is 0 Å². The third kappa shape index (κ3) is 4.88.